The zero-order valence-corrected chi connectivity index (χ0v) is 10.6. The highest BCUT2D eigenvalue weighted by Crippen LogP contribution is 2.39. The lowest BCUT2D eigenvalue weighted by molar-refractivity contribution is -0.293. The minimum atomic E-state index is -5.54. The predicted octanol–water partition coefficient (Wildman–Crippen LogP) is 4.31. The number of hydrogen-bond acceptors (Lipinski definition) is 1. The Labute approximate surface area is 108 Å². The fourth-order valence-electron chi connectivity index (χ4n) is 1.82. The van der Waals surface area contributed by atoms with Crippen LogP contribution < -0.4 is 5.32 Å². The third-order valence-electron chi connectivity index (χ3n) is 2.97. The minimum absolute atomic E-state index is 0.316. The van der Waals surface area contributed by atoms with Gasteiger partial charge in [-0.2, -0.15) is 22.0 Å². The fraction of sp³-hybridized carbons (Fsp3) is 0.538. The van der Waals surface area contributed by atoms with Crippen LogP contribution in [0.15, 0.2) is 30.3 Å². The van der Waals surface area contributed by atoms with Gasteiger partial charge in [0.05, 0.1) is 6.04 Å². The Hall–Kier alpha value is -1.17. The van der Waals surface area contributed by atoms with E-state index >= 15 is 0 Å². The van der Waals surface area contributed by atoms with E-state index in [0.717, 1.165) is 0 Å². The van der Waals surface area contributed by atoms with E-state index in [4.69, 9.17) is 0 Å². The van der Waals surface area contributed by atoms with E-state index in [9.17, 15) is 22.0 Å². The molecule has 0 aromatic heterocycles. The van der Waals surface area contributed by atoms with Gasteiger partial charge in [0.1, 0.15) is 0 Å². The van der Waals surface area contributed by atoms with E-state index in [2.05, 4.69) is 5.32 Å². The van der Waals surface area contributed by atoms with Gasteiger partial charge < -0.3 is 5.32 Å². The Morgan fingerprint density at radius 3 is 2.00 bits per heavy atom. The van der Waals surface area contributed by atoms with Crippen molar-refractivity contribution in [2.75, 3.05) is 0 Å². The van der Waals surface area contributed by atoms with Gasteiger partial charge in [-0.25, -0.2) is 0 Å². The normalized spacial score (nSPS) is 16.2. The molecular weight excluding hydrogens is 265 g/mol. The molecule has 0 fully saturated rings. The molecule has 1 nitrogen and oxygen atoms in total. The molecule has 0 bridgehead atoms. The van der Waals surface area contributed by atoms with Gasteiger partial charge in [-0.15, -0.1) is 0 Å². The number of halogens is 5. The summed E-state index contributed by atoms with van der Waals surface area (Å²) in [5.74, 6) is -4.75. The molecule has 19 heavy (non-hydrogen) atoms. The molecule has 0 aliphatic carbocycles. The van der Waals surface area contributed by atoms with Crippen LogP contribution in [0.25, 0.3) is 0 Å². The largest absolute Gasteiger partial charge is 0.454 e. The second-order valence-corrected chi connectivity index (χ2v) is 4.38. The fourth-order valence-corrected chi connectivity index (χ4v) is 1.82. The smallest absolute Gasteiger partial charge is 0.302 e. The molecule has 1 unspecified atom stereocenters. The van der Waals surface area contributed by atoms with Crippen molar-refractivity contribution in [1.29, 1.82) is 0 Å². The standard InChI is InChI=1S/C13H16F5N/c1-3-11(12(14,15)13(16,17)18)19-9(2)10-7-5-4-6-8-10/h4-9,11,19H,3H2,1-2H3/t9-,11?/m0/s1. The van der Waals surface area contributed by atoms with Gasteiger partial charge >= 0.3 is 12.1 Å². The summed E-state index contributed by atoms with van der Waals surface area (Å²) in [4.78, 5) is 0. The summed E-state index contributed by atoms with van der Waals surface area (Å²) in [6.07, 6.45) is -5.86. The molecule has 6 heteroatoms. The van der Waals surface area contributed by atoms with E-state index < -0.39 is 24.2 Å². The second kappa shape index (κ2) is 5.86. The van der Waals surface area contributed by atoms with Crippen molar-refractivity contribution in [3.8, 4) is 0 Å². The average Bonchev–Trinajstić information content (AvgIpc) is 2.35. The van der Waals surface area contributed by atoms with E-state index in [1.807, 2.05) is 0 Å². The van der Waals surface area contributed by atoms with Crippen molar-refractivity contribution in [3.63, 3.8) is 0 Å². The van der Waals surface area contributed by atoms with Gasteiger partial charge in [0, 0.05) is 6.04 Å². The molecule has 0 aliphatic heterocycles. The van der Waals surface area contributed by atoms with Crippen molar-refractivity contribution in [2.45, 2.75) is 44.5 Å². The zero-order chi connectivity index (χ0) is 14.7. The molecule has 0 amide bonds. The molecule has 0 radical (unpaired) electrons. The molecule has 1 N–H and O–H groups in total. The molecule has 0 aliphatic rings. The van der Waals surface area contributed by atoms with Crippen LogP contribution in [0.1, 0.15) is 31.9 Å². The molecule has 1 rings (SSSR count). The Balaban J connectivity index is 2.83. The van der Waals surface area contributed by atoms with Gasteiger partial charge in [-0.05, 0) is 18.9 Å². The third kappa shape index (κ3) is 3.65. The minimum Gasteiger partial charge on any atom is -0.302 e. The maximum absolute atomic E-state index is 13.3. The third-order valence-corrected chi connectivity index (χ3v) is 2.97. The average molecular weight is 281 g/mol. The highest BCUT2D eigenvalue weighted by molar-refractivity contribution is 5.18. The van der Waals surface area contributed by atoms with Gasteiger partial charge in [0.2, 0.25) is 0 Å². The first-order chi connectivity index (χ1) is 8.70. The number of alkyl halides is 5. The molecule has 0 heterocycles. The Morgan fingerprint density at radius 2 is 1.58 bits per heavy atom. The molecule has 1 aromatic rings. The number of benzene rings is 1. The first-order valence-electron chi connectivity index (χ1n) is 5.95. The Morgan fingerprint density at radius 1 is 1.05 bits per heavy atom. The molecule has 2 atom stereocenters. The number of nitrogens with one attached hydrogen (secondary N) is 1. The quantitative estimate of drug-likeness (QED) is 0.793. The van der Waals surface area contributed by atoms with Gasteiger partial charge in [0.25, 0.3) is 0 Å². The molecule has 0 saturated heterocycles. The van der Waals surface area contributed by atoms with Gasteiger partial charge in [0.15, 0.2) is 0 Å². The lowest BCUT2D eigenvalue weighted by Gasteiger charge is -2.31. The lowest BCUT2D eigenvalue weighted by Crippen LogP contribution is -2.54. The molecule has 1 aromatic carbocycles. The van der Waals surface area contributed by atoms with E-state index in [1.165, 1.54) is 6.92 Å². The highest BCUT2D eigenvalue weighted by Gasteiger charge is 2.61. The number of hydrogen-bond donors (Lipinski definition) is 1. The Bertz CT molecular complexity index is 388. The van der Waals surface area contributed by atoms with Crippen molar-refractivity contribution in [1.82, 2.24) is 5.32 Å². The summed E-state index contributed by atoms with van der Waals surface area (Å²) >= 11 is 0. The molecule has 108 valence electrons. The van der Waals surface area contributed by atoms with Crippen molar-refractivity contribution in [2.24, 2.45) is 0 Å². The van der Waals surface area contributed by atoms with Crippen LogP contribution >= 0.6 is 0 Å². The zero-order valence-electron chi connectivity index (χ0n) is 10.6. The lowest BCUT2D eigenvalue weighted by atomic mass is 10.0. The van der Waals surface area contributed by atoms with Crippen LogP contribution in [0, 0.1) is 0 Å². The van der Waals surface area contributed by atoms with Crippen LogP contribution in [0.4, 0.5) is 22.0 Å². The van der Waals surface area contributed by atoms with E-state index in [0.29, 0.717) is 5.56 Å². The first kappa shape index (κ1) is 15.9. The summed E-state index contributed by atoms with van der Waals surface area (Å²) in [6.45, 7) is 2.86. The molecule has 0 saturated carbocycles. The summed E-state index contributed by atoms with van der Waals surface area (Å²) < 4.78 is 63.6. The topological polar surface area (TPSA) is 12.0 Å². The number of rotatable bonds is 5. The molecular formula is C13H16F5N. The van der Waals surface area contributed by atoms with Crippen LogP contribution in [0.5, 0.6) is 0 Å². The van der Waals surface area contributed by atoms with Crippen LogP contribution in [0.3, 0.4) is 0 Å². The van der Waals surface area contributed by atoms with Gasteiger partial charge in [-0.1, -0.05) is 37.3 Å². The van der Waals surface area contributed by atoms with Crippen LogP contribution in [-0.2, 0) is 0 Å². The van der Waals surface area contributed by atoms with Crippen molar-refractivity contribution in [3.05, 3.63) is 35.9 Å². The first-order valence-corrected chi connectivity index (χ1v) is 5.95. The SMILES string of the molecule is CCC(N[C@@H](C)c1ccccc1)C(F)(F)C(F)(F)F. The van der Waals surface area contributed by atoms with E-state index in [-0.39, 0.29) is 6.42 Å². The maximum atomic E-state index is 13.3. The van der Waals surface area contributed by atoms with Gasteiger partial charge in [-0.3, -0.25) is 0 Å². The molecule has 0 spiro atoms. The van der Waals surface area contributed by atoms with E-state index in [1.54, 1.807) is 37.3 Å². The summed E-state index contributed by atoms with van der Waals surface area (Å²) in [5, 5.41) is 2.36. The van der Waals surface area contributed by atoms with Crippen LogP contribution in [-0.4, -0.2) is 18.1 Å². The van der Waals surface area contributed by atoms with Crippen molar-refractivity contribution < 1.29 is 22.0 Å². The predicted molar refractivity (Wildman–Crippen MR) is 63.1 cm³/mol. The second-order valence-electron chi connectivity index (χ2n) is 4.38. The Kier molecular flexibility index (Phi) is 4.90. The maximum Gasteiger partial charge on any atom is 0.454 e. The summed E-state index contributed by atoms with van der Waals surface area (Å²) in [7, 11) is 0. The van der Waals surface area contributed by atoms with Crippen LogP contribution in [0.2, 0.25) is 0 Å². The summed E-state index contributed by atoms with van der Waals surface area (Å²) in [5.41, 5.74) is 0.666. The summed E-state index contributed by atoms with van der Waals surface area (Å²) in [6, 6.07) is 5.98. The van der Waals surface area contributed by atoms with Crippen molar-refractivity contribution >= 4 is 0 Å². The highest BCUT2D eigenvalue weighted by atomic mass is 19.4. The monoisotopic (exact) mass is 281 g/mol.